The molecule has 1 aromatic heterocycles. The fourth-order valence-electron chi connectivity index (χ4n) is 0.772. The van der Waals surface area contributed by atoms with Crippen molar-refractivity contribution in [1.29, 1.82) is 0 Å². The molecule has 10 heavy (non-hydrogen) atoms. The lowest BCUT2D eigenvalue weighted by atomic mass is 10.3. The van der Waals surface area contributed by atoms with Gasteiger partial charge in [-0.25, -0.2) is 4.98 Å². The summed E-state index contributed by atoms with van der Waals surface area (Å²) in [6.45, 7) is 4.00. The molecule has 0 aliphatic carbocycles. The lowest BCUT2D eigenvalue weighted by molar-refractivity contribution is 0.732. The van der Waals surface area contributed by atoms with E-state index in [4.69, 9.17) is 5.73 Å². The maximum Gasteiger partial charge on any atom is 0.0943 e. The van der Waals surface area contributed by atoms with E-state index >= 15 is 0 Å². The number of thiazole rings is 1. The van der Waals surface area contributed by atoms with E-state index in [9.17, 15) is 0 Å². The van der Waals surface area contributed by atoms with Gasteiger partial charge in [-0.1, -0.05) is 0 Å². The van der Waals surface area contributed by atoms with Crippen LogP contribution in [0.1, 0.15) is 17.6 Å². The molecule has 1 unspecified atom stereocenters. The number of hydrogen-bond acceptors (Lipinski definition) is 3. The largest absolute Gasteiger partial charge is 0.328 e. The zero-order valence-electron chi connectivity index (χ0n) is 6.29. The molecule has 2 N–H and O–H groups in total. The molecule has 56 valence electrons. The zero-order chi connectivity index (χ0) is 7.56. The van der Waals surface area contributed by atoms with Gasteiger partial charge in [0, 0.05) is 23.5 Å². The lowest BCUT2D eigenvalue weighted by Crippen LogP contribution is -2.17. The minimum Gasteiger partial charge on any atom is -0.328 e. The molecule has 0 spiro atoms. The van der Waals surface area contributed by atoms with Gasteiger partial charge in [-0.3, -0.25) is 0 Å². The molecule has 0 aromatic carbocycles. The highest BCUT2D eigenvalue weighted by atomic mass is 32.1. The zero-order valence-corrected chi connectivity index (χ0v) is 7.11. The van der Waals surface area contributed by atoms with Gasteiger partial charge in [-0.2, -0.15) is 0 Å². The average Bonchev–Trinajstić information content (AvgIpc) is 2.13. The van der Waals surface area contributed by atoms with Crippen molar-refractivity contribution in [2.75, 3.05) is 0 Å². The molecule has 1 rings (SSSR count). The van der Waals surface area contributed by atoms with Crippen LogP contribution in [0, 0.1) is 6.92 Å². The van der Waals surface area contributed by atoms with Gasteiger partial charge >= 0.3 is 0 Å². The Balaban J connectivity index is 2.58. The number of aromatic nitrogens is 1. The number of aryl methyl sites for hydroxylation is 1. The summed E-state index contributed by atoms with van der Waals surface area (Å²) in [5, 5.41) is 3.20. The third-order valence-electron chi connectivity index (χ3n) is 1.16. The summed E-state index contributed by atoms with van der Waals surface area (Å²) in [6, 6.07) is 0.227. The fraction of sp³-hybridized carbons (Fsp3) is 0.571. The van der Waals surface area contributed by atoms with Crippen LogP contribution >= 0.6 is 11.3 Å². The minimum absolute atomic E-state index is 0.227. The first kappa shape index (κ1) is 7.69. The first-order valence-corrected chi connectivity index (χ1v) is 4.23. The van der Waals surface area contributed by atoms with E-state index < -0.39 is 0 Å². The number of nitrogens with two attached hydrogens (primary N) is 1. The van der Waals surface area contributed by atoms with Gasteiger partial charge in [-0.15, -0.1) is 11.3 Å². The minimum atomic E-state index is 0.227. The molecule has 0 fully saturated rings. The number of hydrogen-bond donors (Lipinski definition) is 1. The van der Waals surface area contributed by atoms with Crippen molar-refractivity contribution in [3.8, 4) is 0 Å². The van der Waals surface area contributed by atoms with Gasteiger partial charge < -0.3 is 5.73 Å². The second kappa shape index (κ2) is 3.12. The third-order valence-corrected chi connectivity index (χ3v) is 2.15. The van der Waals surface area contributed by atoms with Gasteiger partial charge in [0.1, 0.15) is 0 Å². The molecule has 1 aromatic rings. The van der Waals surface area contributed by atoms with Crippen LogP contribution in [-0.2, 0) is 6.42 Å². The molecule has 0 aliphatic heterocycles. The topological polar surface area (TPSA) is 38.9 Å². The van der Waals surface area contributed by atoms with Gasteiger partial charge in [-0.05, 0) is 13.8 Å². The summed E-state index contributed by atoms with van der Waals surface area (Å²) in [6.07, 6.45) is 0.901. The Morgan fingerprint density at radius 1 is 1.80 bits per heavy atom. The maximum atomic E-state index is 5.60. The Morgan fingerprint density at radius 2 is 2.50 bits per heavy atom. The van der Waals surface area contributed by atoms with Crippen LogP contribution in [0.15, 0.2) is 5.38 Å². The molecular weight excluding hydrogens is 144 g/mol. The highest BCUT2D eigenvalue weighted by molar-refractivity contribution is 7.09. The van der Waals surface area contributed by atoms with Crippen LogP contribution in [0.4, 0.5) is 0 Å². The summed E-state index contributed by atoms with van der Waals surface area (Å²) in [5.41, 5.74) is 6.70. The van der Waals surface area contributed by atoms with Gasteiger partial charge in [0.15, 0.2) is 0 Å². The van der Waals surface area contributed by atoms with E-state index in [-0.39, 0.29) is 6.04 Å². The lowest BCUT2D eigenvalue weighted by Gasteiger charge is -1.98. The molecule has 2 nitrogen and oxygen atoms in total. The van der Waals surface area contributed by atoms with Crippen molar-refractivity contribution in [2.45, 2.75) is 26.3 Å². The molecule has 0 saturated heterocycles. The molecule has 0 aliphatic rings. The molecule has 3 heteroatoms. The Kier molecular flexibility index (Phi) is 2.40. The summed E-state index contributed by atoms with van der Waals surface area (Å²) in [4.78, 5) is 4.29. The van der Waals surface area contributed by atoms with E-state index in [0.29, 0.717) is 0 Å². The van der Waals surface area contributed by atoms with Gasteiger partial charge in [0.2, 0.25) is 0 Å². The Bertz CT molecular complexity index is 205. The molecule has 0 amide bonds. The smallest absolute Gasteiger partial charge is 0.0943 e. The van der Waals surface area contributed by atoms with E-state index in [2.05, 4.69) is 10.4 Å². The van der Waals surface area contributed by atoms with E-state index in [1.165, 1.54) is 0 Å². The normalized spacial score (nSPS) is 13.5. The highest BCUT2D eigenvalue weighted by Gasteiger charge is 2.00. The molecule has 0 bridgehead atoms. The van der Waals surface area contributed by atoms with Crippen molar-refractivity contribution >= 4 is 11.3 Å². The molecule has 1 heterocycles. The summed E-state index contributed by atoms with van der Waals surface area (Å²) >= 11 is 1.69. The number of nitrogens with zero attached hydrogens (tertiary/aromatic N) is 1. The molecule has 1 atom stereocenters. The van der Waals surface area contributed by atoms with Crippen LogP contribution in [0.3, 0.4) is 0 Å². The van der Waals surface area contributed by atoms with Crippen molar-refractivity contribution in [3.63, 3.8) is 0 Å². The Labute approximate surface area is 65.1 Å². The first-order valence-electron chi connectivity index (χ1n) is 3.35. The average molecular weight is 156 g/mol. The van der Waals surface area contributed by atoms with Crippen LogP contribution in [0.25, 0.3) is 0 Å². The predicted octanol–water partition coefficient (Wildman–Crippen LogP) is 1.34. The summed E-state index contributed by atoms with van der Waals surface area (Å²) in [7, 11) is 0. The van der Waals surface area contributed by atoms with E-state index in [1.54, 1.807) is 11.3 Å². The summed E-state index contributed by atoms with van der Waals surface area (Å²) in [5.74, 6) is 0. The molecule has 0 radical (unpaired) electrons. The number of rotatable bonds is 2. The maximum absolute atomic E-state index is 5.60. The Hall–Kier alpha value is -0.410. The second-order valence-corrected chi connectivity index (χ2v) is 3.51. The monoisotopic (exact) mass is 156 g/mol. The van der Waals surface area contributed by atoms with Crippen molar-refractivity contribution in [1.82, 2.24) is 4.98 Å². The first-order chi connectivity index (χ1) is 4.68. The van der Waals surface area contributed by atoms with Crippen LogP contribution in [0.5, 0.6) is 0 Å². The van der Waals surface area contributed by atoms with Crippen LogP contribution in [-0.4, -0.2) is 11.0 Å². The van der Waals surface area contributed by atoms with Gasteiger partial charge in [0.25, 0.3) is 0 Å². The molecule has 0 saturated carbocycles. The molecular formula is C7H12N2S. The summed E-state index contributed by atoms with van der Waals surface area (Å²) < 4.78 is 0. The van der Waals surface area contributed by atoms with Crippen LogP contribution < -0.4 is 5.73 Å². The van der Waals surface area contributed by atoms with Crippen molar-refractivity contribution < 1.29 is 0 Å². The highest BCUT2D eigenvalue weighted by Crippen LogP contribution is 2.09. The van der Waals surface area contributed by atoms with Gasteiger partial charge in [0.05, 0.1) is 5.01 Å². The third kappa shape index (κ3) is 2.08. The predicted molar refractivity (Wildman–Crippen MR) is 44.2 cm³/mol. The van der Waals surface area contributed by atoms with Crippen molar-refractivity contribution in [3.05, 3.63) is 16.1 Å². The Morgan fingerprint density at radius 3 is 2.90 bits per heavy atom. The van der Waals surface area contributed by atoms with E-state index in [1.807, 2.05) is 13.8 Å². The fourth-order valence-corrected chi connectivity index (χ4v) is 1.69. The van der Waals surface area contributed by atoms with E-state index in [0.717, 1.165) is 17.1 Å². The van der Waals surface area contributed by atoms with Crippen LogP contribution in [0.2, 0.25) is 0 Å². The quantitative estimate of drug-likeness (QED) is 0.701. The van der Waals surface area contributed by atoms with Crippen molar-refractivity contribution in [2.24, 2.45) is 5.73 Å². The second-order valence-electron chi connectivity index (χ2n) is 2.56. The SMILES string of the molecule is Cc1csc(CC(C)N)n1. The standard InChI is InChI=1S/C7H12N2S/c1-5(8)3-7-9-6(2)4-10-7/h4-5H,3,8H2,1-2H3.